The molecule has 0 heterocycles. The molecule has 0 unspecified atom stereocenters. The number of nitro groups is 1. The molecule has 10 nitrogen and oxygen atoms in total. The van der Waals surface area contributed by atoms with Gasteiger partial charge in [0.25, 0.3) is 5.69 Å². The summed E-state index contributed by atoms with van der Waals surface area (Å²) in [7, 11) is 1.37. The number of hydrogen-bond donors (Lipinski definition) is 2. The molecule has 0 aliphatic rings. The van der Waals surface area contributed by atoms with Crippen LogP contribution in [0.3, 0.4) is 0 Å². The number of nitrogens with zero attached hydrogens (tertiary/aromatic N) is 1. The summed E-state index contributed by atoms with van der Waals surface area (Å²) < 4.78 is 15.6. The highest BCUT2D eigenvalue weighted by Gasteiger charge is 2.22. The first kappa shape index (κ1) is 22.3. The van der Waals surface area contributed by atoms with Gasteiger partial charge in [0.1, 0.15) is 0 Å². The predicted molar refractivity (Wildman–Crippen MR) is 95.3 cm³/mol. The average molecular weight is 384 g/mol. The second-order valence-electron chi connectivity index (χ2n) is 5.47. The molecule has 150 valence electrons. The van der Waals surface area contributed by atoms with E-state index in [2.05, 4.69) is 5.32 Å². The van der Waals surface area contributed by atoms with Crippen molar-refractivity contribution in [3.63, 3.8) is 0 Å². The highest BCUT2D eigenvalue weighted by atomic mass is 16.6. The van der Waals surface area contributed by atoms with Gasteiger partial charge in [-0.3, -0.25) is 19.7 Å². The van der Waals surface area contributed by atoms with Crippen molar-refractivity contribution in [1.82, 2.24) is 5.32 Å². The maximum atomic E-state index is 11.7. The lowest BCUT2D eigenvalue weighted by Crippen LogP contribution is -2.27. The Balaban J connectivity index is 2.54. The summed E-state index contributed by atoms with van der Waals surface area (Å²) in [6, 6.07) is 2.42. The molecule has 0 aromatic heterocycles. The first-order valence-electron chi connectivity index (χ1n) is 8.36. The maximum Gasteiger partial charge on any atom is 0.284 e. The number of amides is 1. The summed E-state index contributed by atoms with van der Waals surface area (Å²) in [4.78, 5) is 33.7. The number of carbonyl (C=O) groups excluding carboxylic acids is 2. The number of ketones is 1. The lowest BCUT2D eigenvalue weighted by molar-refractivity contribution is -0.385. The molecule has 1 aromatic rings. The van der Waals surface area contributed by atoms with Crippen LogP contribution in [0.1, 0.15) is 30.1 Å². The van der Waals surface area contributed by atoms with Gasteiger partial charge in [-0.1, -0.05) is 0 Å². The summed E-state index contributed by atoms with van der Waals surface area (Å²) in [5, 5.41) is 22.3. The molecule has 0 fully saturated rings. The third kappa shape index (κ3) is 7.59. The number of aliphatic hydroxyl groups excluding tert-OH is 1. The molecule has 1 rings (SSSR count). The summed E-state index contributed by atoms with van der Waals surface area (Å²) in [5.74, 6) is -0.300. The number of ether oxygens (including phenoxy) is 3. The summed E-state index contributed by atoms with van der Waals surface area (Å²) in [6.45, 7) is 2.18. The molecule has 0 saturated carbocycles. The number of aliphatic hydroxyl groups is 1. The van der Waals surface area contributed by atoms with E-state index in [-0.39, 0.29) is 54.9 Å². The fraction of sp³-hybridized carbons (Fsp3) is 0.529. The summed E-state index contributed by atoms with van der Waals surface area (Å²) in [6.07, 6.45) is 0.588. The number of nitro benzene ring substituents is 1. The Hall–Kier alpha value is -2.72. The average Bonchev–Trinajstić information content (AvgIpc) is 2.64. The van der Waals surface area contributed by atoms with Gasteiger partial charge in [0.2, 0.25) is 5.91 Å². The number of Topliss-reactive ketones (excluding diaryl/α,β-unsaturated/α-hetero) is 1. The molecular weight excluding hydrogens is 360 g/mol. The van der Waals surface area contributed by atoms with Gasteiger partial charge in [0, 0.05) is 19.0 Å². The minimum atomic E-state index is -0.657. The zero-order valence-corrected chi connectivity index (χ0v) is 15.4. The number of rotatable bonds is 13. The lowest BCUT2D eigenvalue weighted by Gasteiger charge is -2.12. The van der Waals surface area contributed by atoms with Crippen molar-refractivity contribution < 1.29 is 33.8 Å². The van der Waals surface area contributed by atoms with Gasteiger partial charge in [0.05, 0.1) is 50.1 Å². The Bertz CT molecular complexity index is 663. The third-order valence-corrected chi connectivity index (χ3v) is 3.47. The van der Waals surface area contributed by atoms with E-state index in [0.29, 0.717) is 19.6 Å². The minimum Gasteiger partial charge on any atom is -0.493 e. The molecule has 1 amide bonds. The smallest absolute Gasteiger partial charge is 0.284 e. The molecule has 0 spiro atoms. The quantitative estimate of drug-likeness (QED) is 0.223. The van der Waals surface area contributed by atoms with Crippen LogP contribution in [-0.2, 0) is 9.53 Å². The highest BCUT2D eigenvalue weighted by Crippen LogP contribution is 2.35. The van der Waals surface area contributed by atoms with Crippen molar-refractivity contribution in [2.75, 3.05) is 40.1 Å². The van der Waals surface area contributed by atoms with Gasteiger partial charge >= 0.3 is 0 Å². The van der Waals surface area contributed by atoms with Gasteiger partial charge in [-0.15, -0.1) is 0 Å². The molecule has 27 heavy (non-hydrogen) atoms. The van der Waals surface area contributed by atoms with Crippen LogP contribution in [-0.4, -0.2) is 61.8 Å². The van der Waals surface area contributed by atoms with Crippen LogP contribution in [0.25, 0.3) is 0 Å². The van der Waals surface area contributed by atoms with Gasteiger partial charge in [-0.05, 0) is 13.3 Å². The number of hydrogen-bond acceptors (Lipinski definition) is 8. The maximum absolute atomic E-state index is 11.7. The Kier molecular flexibility index (Phi) is 9.76. The van der Waals surface area contributed by atoms with E-state index in [0.717, 1.165) is 6.07 Å². The minimum absolute atomic E-state index is 0.0630. The van der Waals surface area contributed by atoms with Crippen molar-refractivity contribution in [1.29, 1.82) is 0 Å². The zero-order valence-electron chi connectivity index (χ0n) is 15.4. The SMILES string of the molecule is COc1cc(C(C)=O)c([N+](=O)[O-])cc1OCCCC(=O)NCCOCCO. The summed E-state index contributed by atoms with van der Waals surface area (Å²) in [5.41, 5.74) is -0.425. The normalized spacial score (nSPS) is 10.3. The predicted octanol–water partition coefficient (Wildman–Crippen LogP) is 1.09. The van der Waals surface area contributed by atoms with Gasteiger partial charge in [-0.2, -0.15) is 0 Å². The largest absolute Gasteiger partial charge is 0.493 e. The molecule has 10 heteroatoms. The first-order chi connectivity index (χ1) is 12.9. The second kappa shape index (κ2) is 11.8. The highest BCUT2D eigenvalue weighted by molar-refractivity contribution is 5.98. The Morgan fingerprint density at radius 3 is 2.56 bits per heavy atom. The zero-order chi connectivity index (χ0) is 20.2. The fourth-order valence-electron chi connectivity index (χ4n) is 2.19. The molecule has 0 bridgehead atoms. The van der Waals surface area contributed by atoms with Crippen molar-refractivity contribution in [3.05, 3.63) is 27.8 Å². The monoisotopic (exact) mass is 384 g/mol. The van der Waals surface area contributed by atoms with Crippen LogP contribution in [0.15, 0.2) is 12.1 Å². The van der Waals surface area contributed by atoms with Gasteiger partial charge in [0.15, 0.2) is 17.3 Å². The van der Waals surface area contributed by atoms with Crippen LogP contribution in [0.2, 0.25) is 0 Å². The molecule has 0 aliphatic carbocycles. The fourth-order valence-corrected chi connectivity index (χ4v) is 2.19. The van der Waals surface area contributed by atoms with Crippen molar-refractivity contribution in [2.24, 2.45) is 0 Å². The molecular formula is C17H24N2O8. The Labute approximate surface area is 156 Å². The molecule has 1 aromatic carbocycles. The number of benzene rings is 1. The van der Waals surface area contributed by atoms with E-state index in [1.54, 1.807) is 0 Å². The van der Waals surface area contributed by atoms with Crippen LogP contribution in [0.4, 0.5) is 5.69 Å². The number of nitrogens with one attached hydrogen (secondary N) is 1. The lowest BCUT2D eigenvalue weighted by atomic mass is 10.1. The van der Waals surface area contributed by atoms with Gasteiger partial charge < -0.3 is 24.6 Å². The van der Waals surface area contributed by atoms with E-state index in [9.17, 15) is 19.7 Å². The van der Waals surface area contributed by atoms with Crippen molar-refractivity contribution in [2.45, 2.75) is 19.8 Å². The Morgan fingerprint density at radius 1 is 1.22 bits per heavy atom. The van der Waals surface area contributed by atoms with Crippen molar-refractivity contribution >= 4 is 17.4 Å². The third-order valence-electron chi connectivity index (χ3n) is 3.47. The molecule has 0 aliphatic heterocycles. The van der Waals surface area contributed by atoms with Crippen LogP contribution >= 0.6 is 0 Å². The van der Waals surface area contributed by atoms with E-state index in [4.69, 9.17) is 19.3 Å². The first-order valence-corrected chi connectivity index (χ1v) is 8.36. The van der Waals surface area contributed by atoms with Crippen molar-refractivity contribution in [3.8, 4) is 11.5 Å². The van der Waals surface area contributed by atoms with Crippen LogP contribution < -0.4 is 14.8 Å². The second-order valence-corrected chi connectivity index (χ2v) is 5.47. The van der Waals surface area contributed by atoms with Crippen LogP contribution in [0.5, 0.6) is 11.5 Å². The van der Waals surface area contributed by atoms with E-state index >= 15 is 0 Å². The summed E-state index contributed by atoms with van der Waals surface area (Å²) >= 11 is 0. The number of methoxy groups -OCH3 is 1. The molecule has 0 saturated heterocycles. The molecule has 0 atom stereocenters. The topological polar surface area (TPSA) is 137 Å². The standard InChI is InChI=1S/C17H24N2O8/c1-12(21)13-10-15(25-2)16(11-14(13)19(23)24)27-7-3-4-17(22)18-5-8-26-9-6-20/h10-11,20H,3-9H2,1-2H3,(H,18,22). The van der Waals surface area contributed by atoms with E-state index in [1.807, 2.05) is 0 Å². The molecule has 2 N–H and O–H groups in total. The molecule has 0 radical (unpaired) electrons. The van der Waals surface area contributed by atoms with Crippen LogP contribution in [0, 0.1) is 10.1 Å². The Morgan fingerprint density at radius 2 is 1.96 bits per heavy atom. The number of carbonyl (C=O) groups is 2. The van der Waals surface area contributed by atoms with E-state index in [1.165, 1.54) is 20.1 Å². The van der Waals surface area contributed by atoms with Gasteiger partial charge in [-0.25, -0.2) is 0 Å². The van der Waals surface area contributed by atoms with E-state index < -0.39 is 10.7 Å².